The van der Waals surface area contributed by atoms with Crippen LogP contribution in [-0.4, -0.2) is 16.9 Å². The van der Waals surface area contributed by atoms with E-state index in [1.807, 2.05) is 32.9 Å². The second kappa shape index (κ2) is 5.61. The summed E-state index contributed by atoms with van der Waals surface area (Å²) in [6, 6.07) is 3.74. The average molecular weight is 221 g/mol. The van der Waals surface area contributed by atoms with Gasteiger partial charge in [0.15, 0.2) is 0 Å². The zero-order valence-corrected chi connectivity index (χ0v) is 10.1. The third-order valence-electron chi connectivity index (χ3n) is 2.34. The van der Waals surface area contributed by atoms with E-state index in [9.17, 15) is 4.79 Å². The SMILES string of the molecule is CCC(N)CC(=O)Nc1cc(C)cc(C)n1. The minimum atomic E-state index is -0.0779. The maximum absolute atomic E-state index is 11.6. The molecule has 0 saturated heterocycles. The fourth-order valence-corrected chi connectivity index (χ4v) is 1.48. The van der Waals surface area contributed by atoms with E-state index in [4.69, 9.17) is 5.73 Å². The van der Waals surface area contributed by atoms with Crippen molar-refractivity contribution in [2.45, 2.75) is 39.7 Å². The largest absolute Gasteiger partial charge is 0.327 e. The minimum Gasteiger partial charge on any atom is -0.327 e. The molecule has 3 N–H and O–H groups in total. The number of pyridine rings is 1. The molecule has 1 aromatic rings. The summed E-state index contributed by atoms with van der Waals surface area (Å²) in [7, 11) is 0. The zero-order chi connectivity index (χ0) is 12.1. The van der Waals surface area contributed by atoms with E-state index in [1.54, 1.807) is 0 Å². The van der Waals surface area contributed by atoms with Gasteiger partial charge in [-0.3, -0.25) is 4.79 Å². The van der Waals surface area contributed by atoms with Crippen molar-refractivity contribution in [3.05, 3.63) is 23.4 Å². The summed E-state index contributed by atoms with van der Waals surface area (Å²) in [6.07, 6.45) is 1.14. The minimum absolute atomic E-state index is 0.0770. The van der Waals surface area contributed by atoms with E-state index in [0.717, 1.165) is 17.7 Å². The third-order valence-corrected chi connectivity index (χ3v) is 2.34. The molecule has 16 heavy (non-hydrogen) atoms. The molecule has 0 bridgehead atoms. The lowest BCUT2D eigenvalue weighted by atomic mass is 10.1. The van der Waals surface area contributed by atoms with Crippen LogP contribution < -0.4 is 11.1 Å². The van der Waals surface area contributed by atoms with Crippen LogP contribution in [0.3, 0.4) is 0 Å². The number of aryl methyl sites for hydroxylation is 2. The summed E-state index contributed by atoms with van der Waals surface area (Å²) < 4.78 is 0. The molecule has 0 aromatic carbocycles. The van der Waals surface area contributed by atoms with E-state index in [2.05, 4.69) is 10.3 Å². The predicted octanol–water partition coefficient (Wildman–Crippen LogP) is 1.76. The number of hydrogen-bond donors (Lipinski definition) is 2. The fourth-order valence-electron chi connectivity index (χ4n) is 1.48. The number of rotatable bonds is 4. The van der Waals surface area contributed by atoms with Gasteiger partial charge in [0, 0.05) is 18.2 Å². The first-order valence-corrected chi connectivity index (χ1v) is 5.52. The Kier molecular flexibility index (Phi) is 4.43. The number of carbonyl (C=O) groups is 1. The van der Waals surface area contributed by atoms with Crippen LogP contribution in [-0.2, 0) is 4.79 Å². The first-order valence-electron chi connectivity index (χ1n) is 5.52. The quantitative estimate of drug-likeness (QED) is 0.814. The molecule has 88 valence electrons. The van der Waals surface area contributed by atoms with Gasteiger partial charge in [-0.25, -0.2) is 4.98 Å². The van der Waals surface area contributed by atoms with Gasteiger partial charge in [-0.15, -0.1) is 0 Å². The summed E-state index contributed by atoms with van der Waals surface area (Å²) >= 11 is 0. The van der Waals surface area contributed by atoms with Crippen molar-refractivity contribution in [3.8, 4) is 0 Å². The van der Waals surface area contributed by atoms with Crippen molar-refractivity contribution < 1.29 is 4.79 Å². The first kappa shape index (κ1) is 12.6. The van der Waals surface area contributed by atoms with Crippen molar-refractivity contribution in [2.75, 3.05) is 5.32 Å². The maximum atomic E-state index is 11.6. The van der Waals surface area contributed by atoms with Crippen molar-refractivity contribution in [1.82, 2.24) is 4.98 Å². The molecule has 1 heterocycles. The molecule has 0 aliphatic carbocycles. The number of hydrogen-bond acceptors (Lipinski definition) is 3. The van der Waals surface area contributed by atoms with Crippen LogP contribution in [0.2, 0.25) is 0 Å². The number of aromatic nitrogens is 1. The first-order chi connectivity index (χ1) is 7.51. The van der Waals surface area contributed by atoms with Crippen LogP contribution in [0.5, 0.6) is 0 Å². The van der Waals surface area contributed by atoms with Crippen molar-refractivity contribution in [3.63, 3.8) is 0 Å². The van der Waals surface area contributed by atoms with Gasteiger partial charge < -0.3 is 11.1 Å². The Hall–Kier alpha value is -1.42. The van der Waals surface area contributed by atoms with Gasteiger partial charge in [-0.2, -0.15) is 0 Å². The zero-order valence-electron chi connectivity index (χ0n) is 10.1. The Balaban J connectivity index is 2.62. The van der Waals surface area contributed by atoms with Gasteiger partial charge in [-0.1, -0.05) is 6.92 Å². The van der Waals surface area contributed by atoms with Crippen molar-refractivity contribution >= 4 is 11.7 Å². The van der Waals surface area contributed by atoms with Gasteiger partial charge in [0.05, 0.1) is 0 Å². The number of nitrogens with two attached hydrogens (primary N) is 1. The van der Waals surface area contributed by atoms with E-state index >= 15 is 0 Å². The molecule has 4 heteroatoms. The molecule has 1 rings (SSSR count). The third kappa shape index (κ3) is 3.98. The van der Waals surface area contributed by atoms with Crippen molar-refractivity contribution in [2.24, 2.45) is 5.73 Å². The average Bonchev–Trinajstić information content (AvgIpc) is 2.15. The molecule has 0 fully saturated rings. The number of anilines is 1. The molecular formula is C12H19N3O. The smallest absolute Gasteiger partial charge is 0.227 e. The summed E-state index contributed by atoms with van der Waals surface area (Å²) in [5.41, 5.74) is 7.69. The molecule has 0 spiro atoms. The molecule has 1 atom stereocenters. The molecule has 1 unspecified atom stereocenters. The highest BCUT2D eigenvalue weighted by Gasteiger charge is 2.08. The summed E-state index contributed by atoms with van der Waals surface area (Å²) in [6.45, 7) is 5.84. The molecule has 0 saturated carbocycles. The fraction of sp³-hybridized carbons (Fsp3) is 0.500. The molecule has 1 aromatic heterocycles. The van der Waals surface area contributed by atoms with Crippen LogP contribution in [0, 0.1) is 13.8 Å². The summed E-state index contributed by atoms with van der Waals surface area (Å²) in [4.78, 5) is 15.8. The lowest BCUT2D eigenvalue weighted by Crippen LogP contribution is -2.26. The summed E-state index contributed by atoms with van der Waals surface area (Å²) in [5.74, 6) is 0.526. The van der Waals surface area contributed by atoms with E-state index in [1.165, 1.54) is 0 Å². The lowest BCUT2D eigenvalue weighted by Gasteiger charge is -2.09. The van der Waals surface area contributed by atoms with Crippen molar-refractivity contribution in [1.29, 1.82) is 0 Å². The maximum Gasteiger partial charge on any atom is 0.227 e. The Bertz CT molecular complexity index is 356. The Labute approximate surface area is 96.3 Å². The highest BCUT2D eigenvalue weighted by atomic mass is 16.1. The summed E-state index contributed by atoms with van der Waals surface area (Å²) in [5, 5.41) is 2.76. The molecule has 4 nitrogen and oxygen atoms in total. The van der Waals surface area contributed by atoms with Gasteiger partial charge in [0.1, 0.15) is 5.82 Å². The van der Waals surface area contributed by atoms with Crippen LogP contribution in [0.4, 0.5) is 5.82 Å². The topological polar surface area (TPSA) is 68.0 Å². The molecule has 0 aliphatic heterocycles. The standard InChI is InChI=1S/C12H19N3O/c1-4-10(13)7-12(16)15-11-6-8(2)5-9(3)14-11/h5-6,10H,4,7,13H2,1-3H3,(H,14,15,16). The van der Waals surface area contributed by atoms with Crippen LogP contribution in [0.15, 0.2) is 12.1 Å². The van der Waals surface area contributed by atoms with E-state index in [-0.39, 0.29) is 11.9 Å². The molecular weight excluding hydrogens is 202 g/mol. The Morgan fingerprint density at radius 2 is 2.19 bits per heavy atom. The van der Waals surface area contributed by atoms with Crippen LogP contribution in [0.1, 0.15) is 31.0 Å². The Morgan fingerprint density at radius 1 is 1.50 bits per heavy atom. The van der Waals surface area contributed by atoms with Gasteiger partial charge in [-0.05, 0) is 38.0 Å². The predicted molar refractivity (Wildman–Crippen MR) is 65.2 cm³/mol. The Morgan fingerprint density at radius 3 is 2.75 bits per heavy atom. The monoisotopic (exact) mass is 221 g/mol. The van der Waals surface area contributed by atoms with E-state index in [0.29, 0.717) is 12.2 Å². The lowest BCUT2D eigenvalue weighted by molar-refractivity contribution is -0.116. The molecule has 0 radical (unpaired) electrons. The number of nitrogens with one attached hydrogen (secondary N) is 1. The molecule has 0 aliphatic rings. The second-order valence-corrected chi connectivity index (χ2v) is 4.09. The molecule has 1 amide bonds. The van der Waals surface area contributed by atoms with Gasteiger partial charge in [0.2, 0.25) is 5.91 Å². The number of nitrogens with zero attached hydrogens (tertiary/aromatic N) is 1. The highest BCUT2D eigenvalue weighted by molar-refractivity contribution is 5.90. The number of amides is 1. The van der Waals surface area contributed by atoms with Gasteiger partial charge in [0.25, 0.3) is 0 Å². The normalized spacial score (nSPS) is 12.2. The van der Waals surface area contributed by atoms with Crippen LogP contribution in [0.25, 0.3) is 0 Å². The second-order valence-electron chi connectivity index (χ2n) is 4.09. The van der Waals surface area contributed by atoms with E-state index < -0.39 is 0 Å². The number of carbonyl (C=O) groups excluding carboxylic acids is 1. The van der Waals surface area contributed by atoms with Gasteiger partial charge >= 0.3 is 0 Å². The highest BCUT2D eigenvalue weighted by Crippen LogP contribution is 2.09. The van der Waals surface area contributed by atoms with Crippen LogP contribution >= 0.6 is 0 Å².